The molecule has 0 heterocycles. The van der Waals surface area contributed by atoms with Crippen LogP contribution in [0.3, 0.4) is 0 Å². The highest BCUT2D eigenvalue weighted by molar-refractivity contribution is 4.42. The third-order valence-electron chi connectivity index (χ3n) is 0.451. The average molecular weight is 91.1 g/mol. The lowest BCUT2D eigenvalue weighted by atomic mass is 10.5. The molecule has 0 aromatic carbocycles. The van der Waals surface area contributed by atoms with Gasteiger partial charge in [-0.05, 0) is 11.6 Å². The summed E-state index contributed by atoms with van der Waals surface area (Å²) < 4.78 is 11.4. The highest BCUT2D eigenvalue weighted by Crippen LogP contribution is 1.94. The molecule has 0 aliphatic heterocycles. The van der Waals surface area contributed by atoms with E-state index in [4.69, 9.17) is 4.91 Å². The second-order valence-electron chi connectivity index (χ2n) is 0.948. The maximum Gasteiger partial charge on any atom is 0.230 e. The molecule has 0 amide bonds. The summed E-state index contributed by atoms with van der Waals surface area (Å²) in [6.07, 6.45) is -1.31. The molecular formula is C3H6FNO. The van der Waals surface area contributed by atoms with Crippen molar-refractivity contribution < 1.29 is 4.39 Å². The van der Waals surface area contributed by atoms with Gasteiger partial charge in [0.2, 0.25) is 6.30 Å². The summed E-state index contributed by atoms with van der Waals surface area (Å²) in [5.74, 6) is 0. The van der Waals surface area contributed by atoms with Gasteiger partial charge in [-0.1, -0.05) is 6.92 Å². The van der Waals surface area contributed by atoms with E-state index in [2.05, 4.69) is 5.18 Å². The number of nitroso groups, excluding NO2 is 1. The zero-order valence-electron chi connectivity index (χ0n) is 3.52. The van der Waals surface area contributed by atoms with Gasteiger partial charge in [0, 0.05) is 0 Å². The Morgan fingerprint density at radius 3 is 2.50 bits per heavy atom. The molecule has 0 fully saturated rings. The monoisotopic (exact) mass is 91.0 g/mol. The molecule has 0 saturated heterocycles. The Balaban J connectivity index is 2.96. The molecule has 0 saturated carbocycles. The summed E-state index contributed by atoms with van der Waals surface area (Å²) in [6.45, 7) is 1.56. The van der Waals surface area contributed by atoms with Crippen LogP contribution in [0, 0.1) is 4.91 Å². The van der Waals surface area contributed by atoms with E-state index in [9.17, 15) is 4.39 Å². The first-order valence-corrected chi connectivity index (χ1v) is 1.77. The minimum absolute atomic E-state index is 0.184. The minimum atomic E-state index is -1.50. The van der Waals surface area contributed by atoms with Gasteiger partial charge in [-0.15, -0.1) is 4.91 Å². The molecule has 0 aliphatic rings. The van der Waals surface area contributed by atoms with Gasteiger partial charge in [-0.3, -0.25) is 0 Å². The van der Waals surface area contributed by atoms with E-state index in [0.29, 0.717) is 0 Å². The van der Waals surface area contributed by atoms with Gasteiger partial charge in [0.15, 0.2) is 0 Å². The van der Waals surface area contributed by atoms with Crippen LogP contribution in [0.1, 0.15) is 13.3 Å². The van der Waals surface area contributed by atoms with Crippen molar-refractivity contribution in [2.75, 3.05) is 0 Å². The normalized spacial score (nSPS) is 13.7. The first kappa shape index (κ1) is 5.53. The zero-order valence-corrected chi connectivity index (χ0v) is 3.52. The van der Waals surface area contributed by atoms with Crippen LogP contribution in [0.2, 0.25) is 0 Å². The first-order valence-electron chi connectivity index (χ1n) is 1.77. The Labute approximate surface area is 35.3 Å². The van der Waals surface area contributed by atoms with Crippen LogP contribution < -0.4 is 0 Å². The number of halogens is 1. The van der Waals surface area contributed by atoms with Crippen LogP contribution in [-0.2, 0) is 0 Å². The van der Waals surface area contributed by atoms with Crippen molar-refractivity contribution in [1.29, 1.82) is 0 Å². The van der Waals surface area contributed by atoms with E-state index in [1.807, 2.05) is 0 Å². The number of nitrogens with zero attached hydrogens (tertiary/aromatic N) is 1. The third kappa shape index (κ3) is 1.81. The Bertz CT molecular complexity index is 48.1. The SMILES string of the molecule is CCC(F)N=O. The number of rotatable bonds is 2. The van der Waals surface area contributed by atoms with Gasteiger partial charge in [0.05, 0.1) is 0 Å². The van der Waals surface area contributed by atoms with Crippen LogP contribution in [0.25, 0.3) is 0 Å². The summed E-state index contributed by atoms with van der Waals surface area (Å²) in [7, 11) is 0. The van der Waals surface area contributed by atoms with Crippen molar-refractivity contribution in [3.8, 4) is 0 Å². The zero-order chi connectivity index (χ0) is 4.99. The van der Waals surface area contributed by atoms with Crippen molar-refractivity contribution >= 4 is 0 Å². The molecule has 0 bridgehead atoms. The van der Waals surface area contributed by atoms with Gasteiger partial charge in [-0.25, -0.2) is 4.39 Å². The number of hydrogen-bond donors (Lipinski definition) is 0. The van der Waals surface area contributed by atoms with E-state index in [1.54, 1.807) is 6.92 Å². The summed E-state index contributed by atoms with van der Waals surface area (Å²) in [5, 5.41) is 2.09. The molecule has 36 valence electrons. The van der Waals surface area contributed by atoms with Crippen LogP contribution in [0.15, 0.2) is 5.18 Å². The molecule has 0 aliphatic carbocycles. The predicted molar refractivity (Wildman–Crippen MR) is 21.0 cm³/mol. The fourth-order valence-corrected chi connectivity index (χ4v) is 0.0745. The largest absolute Gasteiger partial charge is 0.230 e. The van der Waals surface area contributed by atoms with Crippen molar-refractivity contribution in [1.82, 2.24) is 0 Å². The van der Waals surface area contributed by atoms with Crippen LogP contribution in [0.5, 0.6) is 0 Å². The average Bonchev–Trinajstić information content (AvgIpc) is 1.65. The molecule has 0 aromatic rings. The molecule has 0 aromatic heterocycles. The number of alkyl halides is 1. The summed E-state index contributed by atoms with van der Waals surface area (Å²) in [6, 6.07) is 0. The van der Waals surface area contributed by atoms with E-state index in [0.717, 1.165) is 0 Å². The first-order chi connectivity index (χ1) is 2.81. The van der Waals surface area contributed by atoms with Crippen LogP contribution in [-0.4, -0.2) is 6.30 Å². The van der Waals surface area contributed by atoms with Crippen molar-refractivity contribution in [3.63, 3.8) is 0 Å². The van der Waals surface area contributed by atoms with Crippen LogP contribution >= 0.6 is 0 Å². The maximum absolute atomic E-state index is 11.4. The minimum Gasteiger partial charge on any atom is -0.218 e. The Morgan fingerprint density at radius 2 is 2.50 bits per heavy atom. The van der Waals surface area contributed by atoms with Gasteiger partial charge < -0.3 is 0 Å². The van der Waals surface area contributed by atoms with Gasteiger partial charge in [0.1, 0.15) is 0 Å². The van der Waals surface area contributed by atoms with Crippen LogP contribution in [0.4, 0.5) is 4.39 Å². The molecule has 6 heavy (non-hydrogen) atoms. The fraction of sp³-hybridized carbons (Fsp3) is 1.00. The summed E-state index contributed by atoms with van der Waals surface area (Å²) in [4.78, 5) is 9.11. The Kier molecular flexibility index (Phi) is 2.54. The maximum atomic E-state index is 11.4. The predicted octanol–water partition coefficient (Wildman–Crippen LogP) is 1.46. The van der Waals surface area contributed by atoms with E-state index < -0.39 is 6.30 Å². The van der Waals surface area contributed by atoms with Crippen molar-refractivity contribution in [2.24, 2.45) is 5.18 Å². The second-order valence-corrected chi connectivity index (χ2v) is 0.948. The smallest absolute Gasteiger partial charge is 0.218 e. The van der Waals surface area contributed by atoms with E-state index in [1.165, 1.54) is 0 Å². The lowest BCUT2D eigenvalue weighted by molar-refractivity contribution is 0.335. The highest BCUT2D eigenvalue weighted by Gasteiger charge is 1.95. The van der Waals surface area contributed by atoms with E-state index >= 15 is 0 Å². The molecule has 1 atom stereocenters. The van der Waals surface area contributed by atoms with Gasteiger partial charge in [-0.2, -0.15) is 0 Å². The van der Waals surface area contributed by atoms with Gasteiger partial charge in [0.25, 0.3) is 0 Å². The fourth-order valence-electron chi connectivity index (χ4n) is 0.0745. The molecular weight excluding hydrogens is 85.0 g/mol. The van der Waals surface area contributed by atoms with E-state index in [-0.39, 0.29) is 6.42 Å². The standard InChI is InChI=1S/C3H6FNO/c1-2-3(4)5-6/h3H,2H2,1H3. The van der Waals surface area contributed by atoms with Gasteiger partial charge >= 0.3 is 0 Å². The molecule has 0 N–H and O–H groups in total. The van der Waals surface area contributed by atoms with Crippen molar-refractivity contribution in [2.45, 2.75) is 19.6 Å². The molecule has 1 unspecified atom stereocenters. The lowest BCUT2D eigenvalue weighted by Crippen LogP contribution is -1.86. The van der Waals surface area contributed by atoms with Crippen molar-refractivity contribution in [3.05, 3.63) is 4.91 Å². The summed E-state index contributed by atoms with van der Waals surface area (Å²) >= 11 is 0. The highest BCUT2D eigenvalue weighted by atomic mass is 19.1. The Hall–Kier alpha value is -0.470. The Morgan fingerprint density at radius 1 is 2.00 bits per heavy atom. The molecule has 2 nitrogen and oxygen atoms in total. The molecule has 0 rings (SSSR count). The lowest BCUT2D eigenvalue weighted by Gasteiger charge is -1.84. The quantitative estimate of drug-likeness (QED) is 0.373. The molecule has 3 heteroatoms. The summed E-state index contributed by atoms with van der Waals surface area (Å²) in [5.41, 5.74) is 0. The second kappa shape index (κ2) is 2.75. The molecule has 0 radical (unpaired) electrons. The molecule has 0 spiro atoms. The number of hydrogen-bond acceptors (Lipinski definition) is 2. The topological polar surface area (TPSA) is 29.4 Å². The third-order valence-corrected chi connectivity index (χ3v) is 0.451.